The van der Waals surface area contributed by atoms with Crippen LogP contribution in [0.25, 0.3) is 0 Å². The molecule has 3 nitrogen and oxygen atoms in total. The summed E-state index contributed by atoms with van der Waals surface area (Å²) in [7, 11) is 2.20. The van der Waals surface area contributed by atoms with E-state index in [-0.39, 0.29) is 0 Å². The Kier molecular flexibility index (Phi) is 6.97. The molecule has 98 valence electrons. The molecule has 0 saturated carbocycles. The van der Waals surface area contributed by atoms with Crippen molar-refractivity contribution in [3.05, 3.63) is 24.2 Å². The molecular formula is C14H26N2O. The smallest absolute Gasteiger partial charge is 0.0947 e. The minimum absolute atomic E-state index is 0.612. The molecule has 3 heteroatoms. The molecule has 0 aliphatic carbocycles. The molecule has 1 aromatic rings. The highest BCUT2D eigenvalue weighted by Gasteiger charge is 2.13. The fraction of sp³-hybridized carbons (Fsp3) is 0.714. The predicted molar refractivity (Wildman–Crippen MR) is 72.0 cm³/mol. The van der Waals surface area contributed by atoms with Gasteiger partial charge in [-0.15, -0.1) is 0 Å². The number of rotatable bonds is 9. The SMILES string of the molecule is CCCNCC(CCC)N(C)Cc1ccoc1. The first-order chi connectivity index (χ1) is 8.27. The van der Waals surface area contributed by atoms with Crippen molar-refractivity contribution in [1.82, 2.24) is 10.2 Å². The molecule has 0 amide bonds. The van der Waals surface area contributed by atoms with Crippen LogP contribution in [0.2, 0.25) is 0 Å². The lowest BCUT2D eigenvalue weighted by Gasteiger charge is -2.27. The quantitative estimate of drug-likeness (QED) is 0.671. The summed E-state index contributed by atoms with van der Waals surface area (Å²) in [6.07, 6.45) is 7.25. The summed E-state index contributed by atoms with van der Waals surface area (Å²) in [5.41, 5.74) is 1.25. The minimum Gasteiger partial charge on any atom is -0.472 e. The normalized spacial score (nSPS) is 13.2. The molecule has 1 aromatic heterocycles. The van der Waals surface area contributed by atoms with E-state index in [4.69, 9.17) is 4.42 Å². The molecule has 0 aliphatic heterocycles. The zero-order valence-electron chi connectivity index (χ0n) is 11.4. The van der Waals surface area contributed by atoms with Gasteiger partial charge in [0, 0.05) is 24.7 Å². The van der Waals surface area contributed by atoms with E-state index >= 15 is 0 Å². The van der Waals surface area contributed by atoms with E-state index in [2.05, 4.69) is 31.1 Å². The lowest BCUT2D eigenvalue weighted by Crippen LogP contribution is -2.39. The van der Waals surface area contributed by atoms with E-state index in [1.165, 1.54) is 24.8 Å². The average Bonchev–Trinajstić information content (AvgIpc) is 2.81. The van der Waals surface area contributed by atoms with Crippen molar-refractivity contribution in [1.29, 1.82) is 0 Å². The third kappa shape index (κ3) is 5.37. The molecule has 1 unspecified atom stereocenters. The van der Waals surface area contributed by atoms with Gasteiger partial charge in [0.25, 0.3) is 0 Å². The number of likely N-dealkylation sites (N-methyl/N-ethyl adjacent to an activating group) is 1. The molecule has 17 heavy (non-hydrogen) atoms. The highest BCUT2D eigenvalue weighted by molar-refractivity contribution is 5.05. The Bertz CT molecular complexity index is 272. The maximum Gasteiger partial charge on any atom is 0.0947 e. The van der Waals surface area contributed by atoms with Crippen molar-refractivity contribution in [2.45, 2.75) is 45.7 Å². The van der Waals surface area contributed by atoms with E-state index in [9.17, 15) is 0 Å². The van der Waals surface area contributed by atoms with Crippen LogP contribution in [0.15, 0.2) is 23.0 Å². The number of furan rings is 1. The zero-order valence-corrected chi connectivity index (χ0v) is 11.4. The standard InChI is InChI=1S/C14H26N2O/c1-4-6-14(10-15-8-5-2)16(3)11-13-7-9-17-12-13/h7,9,12,14-15H,4-6,8,10-11H2,1-3H3. The summed E-state index contributed by atoms with van der Waals surface area (Å²) in [6.45, 7) is 7.61. The number of nitrogens with zero attached hydrogens (tertiary/aromatic N) is 1. The number of nitrogens with one attached hydrogen (secondary N) is 1. The fourth-order valence-corrected chi connectivity index (χ4v) is 2.06. The largest absolute Gasteiger partial charge is 0.472 e. The van der Waals surface area contributed by atoms with Crippen molar-refractivity contribution < 1.29 is 4.42 Å². The van der Waals surface area contributed by atoms with Crippen molar-refractivity contribution in [2.24, 2.45) is 0 Å². The number of hydrogen-bond acceptors (Lipinski definition) is 3. The molecule has 0 radical (unpaired) electrons. The van der Waals surface area contributed by atoms with E-state index in [0.717, 1.165) is 19.6 Å². The zero-order chi connectivity index (χ0) is 12.5. The van der Waals surface area contributed by atoms with Crippen molar-refractivity contribution in [3.63, 3.8) is 0 Å². The van der Waals surface area contributed by atoms with Gasteiger partial charge < -0.3 is 9.73 Å². The van der Waals surface area contributed by atoms with Gasteiger partial charge in [-0.05, 0) is 32.5 Å². The van der Waals surface area contributed by atoms with Gasteiger partial charge in [-0.1, -0.05) is 20.3 Å². The maximum absolute atomic E-state index is 5.11. The van der Waals surface area contributed by atoms with Crippen LogP contribution in [0.4, 0.5) is 0 Å². The fourth-order valence-electron chi connectivity index (χ4n) is 2.06. The molecule has 1 rings (SSSR count). The maximum atomic E-state index is 5.11. The van der Waals surface area contributed by atoms with E-state index in [0.29, 0.717) is 6.04 Å². The lowest BCUT2D eigenvalue weighted by atomic mass is 10.1. The summed E-state index contributed by atoms with van der Waals surface area (Å²) >= 11 is 0. The minimum atomic E-state index is 0.612. The molecule has 0 fully saturated rings. The van der Waals surface area contributed by atoms with Crippen LogP contribution in [0.3, 0.4) is 0 Å². The van der Waals surface area contributed by atoms with Gasteiger partial charge >= 0.3 is 0 Å². The third-order valence-corrected chi connectivity index (χ3v) is 3.06. The van der Waals surface area contributed by atoms with Gasteiger partial charge in [-0.25, -0.2) is 0 Å². The first kappa shape index (κ1) is 14.3. The van der Waals surface area contributed by atoms with Crippen LogP contribution in [-0.2, 0) is 6.54 Å². The van der Waals surface area contributed by atoms with Crippen molar-refractivity contribution >= 4 is 0 Å². The summed E-state index contributed by atoms with van der Waals surface area (Å²) in [5, 5.41) is 3.52. The van der Waals surface area contributed by atoms with Crippen molar-refractivity contribution in [2.75, 3.05) is 20.1 Å². The first-order valence-corrected chi connectivity index (χ1v) is 6.70. The monoisotopic (exact) mass is 238 g/mol. The number of hydrogen-bond donors (Lipinski definition) is 1. The van der Waals surface area contributed by atoms with E-state index in [1.54, 1.807) is 6.26 Å². The molecular weight excluding hydrogens is 212 g/mol. The molecule has 1 atom stereocenters. The van der Waals surface area contributed by atoms with Crippen LogP contribution < -0.4 is 5.32 Å². The summed E-state index contributed by atoms with van der Waals surface area (Å²) in [5.74, 6) is 0. The lowest BCUT2D eigenvalue weighted by molar-refractivity contribution is 0.214. The predicted octanol–water partition coefficient (Wildman–Crippen LogP) is 2.88. The van der Waals surface area contributed by atoms with Gasteiger partial charge in [0.1, 0.15) is 0 Å². The van der Waals surface area contributed by atoms with Crippen LogP contribution >= 0.6 is 0 Å². The average molecular weight is 238 g/mol. The Morgan fingerprint density at radius 2 is 2.18 bits per heavy atom. The Labute approximate surface area is 105 Å². The summed E-state index contributed by atoms with van der Waals surface area (Å²) in [4.78, 5) is 2.41. The topological polar surface area (TPSA) is 28.4 Å². The van der Waals surface area contributed by atoms with E-state index in [1.807, 2.05) is 12.3 Å². The van der Waals surface area contributed by atoms with Gasteiger partial charge in [0.2, 0.25) is 0 Å². The van der Waals surface area contributed by atoms with Gasteiger partial charge in [-0.3, -0.25) is 4.90 Å². The Hall–Kier alpha value is -0.800. The second-order valence-electron chi connectivity index (χ2n) is 4.69. The molecule has 0 aliphatic rings. The highest BCUT2D eigenvalue weighted by atomic mass is 16.3. The van der Waals surface area contributed by atoms with Gasteiger partial charge in [0.15, 0.2) is 0 Å². The van der Waals surface area contributed by atoms with Crippen LogP contribution in [0.5, 0.6) is 0 Å². The van der Waals surface area contributed by atoms with Gasteiger partial charge in [0.05, 0.1) is 12.5 Å². The molecule has 0 aromatic carbocycles. The third-order valence-electron chi connectivity index (χ3n) is 3.06. The Morgan fingerprint density at radius 1 is 1.35 bits per heavy atom. The second kappa shape index (κ2) is 8.31. The first-order valence-electron chi connectivity index (χ1n) is 6.70. The highest BCUT2D eigenvalue weighted by Crippen LogP contribution is 2.10. The Morgan fingerprint density at radius 3 is 2.76 bits per heavy atom. The molecule has 0 spiro atoms. The van der Waals surface area contributed by atoms with Crippen LogP contribution in [-0.4, -0.2) is 31.1 Å². The van der Waals surface area contributed by atoms with Crippen LogP contribution in [0.1, 0.15) is 38.7 Å². The van der Waals surface area contributed by atoms with Crippen LogP contribution in [0, 0.1) is 0 Å². The Balaban J connectivity index is 2.39. The summed E-state index contributed by atoms with van der Waals surface area (Å²) < 4.78 is 5.11. The second-order valence-corrected chi connectivity index (χ2v) is 4.69. The molecule has 0 bridgehead atoms. The molecule has 1 heterocycles. The molecule has 1 N–H and O–H groups in total. The van der Waals surface area contributed by atoms with Gasteiger partial charge in [-0.2, -0.15) is 0 Å². The summed E-state index contributed by atoms with van der Waals surface area (Å²) in [6, 6.07) is 2.65. The molecule has 0 saturated heterocycles. The van der Waals surface area contributed by atoms with E-state index < -0.39 is 0 Å². The van der Waals surface area contributed by atoms with Crippen molar-refractivity contribution in [3.8, 4) is 0 Å².